The van der Waals surface area contributed by atoms with Crippen LogP contribution >= 0.6 is 11.6 Å². The molecule has 3 aromatic rings. The van der Waals surface area contributed by atoms with E-state index in [4.69, 9.17) is 21.1 Å². The molecule has 0 aliphatic carbocycles. The van der Waals surface area contributed by atoms with Crippen molar-refractivity contribution in [3.05, 3.63) is 46.9 Å². The zero-order valence-electron chi connectivity index (χ0n) is 17.7. The molecule has 0 saturated heterocycles. The summed E-state index contributed by atoms with van der Waals surface area (Å²) < 4.78 is 37.5. The van der Waals surface area contributed by atoms with Gasteiger partial charge in [0.25, 0.3) is 0 Å². The van der Waals surface area contributed by atoms with Gasteiger partial charge in [-0.3, -0.25) is 14.2 Å². The van der Waals surface area contributed by atoms with Crippen molar-refractivity contribution in [2.75, 3.05) is 18.1 Å². The molecule has 0 amide bonds. The van der Waals surface area contributed by atoms with Crippen LogP contribution in [-0.2, 0) is 33.0 Å². The molecule has 0 saturated carbocycles. The van der Waals surface area contributed by atoms with E-state index in [1.807, 2.05) is 0 Å². The Bertz CT molecular complexity index is 1250. The minimum absolute atomic E-state index is 0.0481. The van der Waals surface area contributed by atoms with E-state index >= 15 is 0 Å². The average Bonchev–Trinajstić information content (AvgIpc) is 3.07. The van der Waals surface area contributed by atoms with Gasteiger partial charge in [-0.05, 0) is 25.1 Å². The molecule has 1 atom stereocenters. The van der Waals surface area contributed by atoms with Crippen LogP contribution in [0.3, 0.4) is 0 Å². The van der Waals surface area contributed by atoms with Crippen molar-refractivity contribution >= 4 is 33.3 Å². The fourth-order valence-electron chi connectivity index (χ4n) is 2.92. The summed E-state index contributed by atoms with van der Waals surface area (Å²) in [5.41, 5.74) is 1.90. The monoisotopic (exact) mass is 480 g/mol. The lowest BCUT2D eigenvalue weighted by atomic mass is 10.1. The van der Waals surface area contributed by atoms with Gasteiger partial charge in [0, 0.05) is 18.8 Å². The van der Waals surface area contributed by atoms with Crippen LogP contribution in [0.25, 0.3) is 11.4 Å². The molecule has 3 heterocycles. The van der Waals surface area contributed by atoms with Gasteiger partial charge >= 0.3 is 5.97 Å². The van der Waals surface area contributed by atoms with E-state index in [9.17, 15) is 13.2 Å². The van der Waals surface area contributed by atoms with Crippen LogP contribution in [-0.4, -0.2) is 52.7 Å². The Morgan fingerprint density at radius 1 is 1.31 bits per heavy atom. The molecule has 13 heteroatoms. The predicted molar refractivity (Wildman–Crippen MR) is 117 cm³/mol. The molecule has 3 aromatic heterocycles. The number of hydrogen-bond acceptors (Lipinski definition) is 9. The van der Waals surface area contributed by atoms with Crippen molar-refractivity contribution in [2.24, 2.45) is 7.05 Å². The molecule has 0 aliphatic rings. The molecular weight excluding hydrogens is 460 g/mol. The van der Waals surface area contributed by atoms with Crippen molar-refractivity contribution in [1.82, 2.24) is 25.0 Å². The molecule has 0 radical (unpaired) electrons. The van der Waals surface area contributed by atoms with Crippen LogP contribution in [0.1, 0.15) is 24.3 Å². The van der Waals surface area contributed by atoms with E-state index in [2.05, 4.69) is 25.0 Å². The number of carbonyl (C=O) groups is 1. The quantitative estimate of drug-likeness (QED) is 0.379. The molecule has 0 unspecified atom stereocenters. The van der Waals surface area contributed by atoms with Crippen LogP contribution in [0.4, 0.5) is 5.69 Å². The zero-order chi connectivity index (χ0) is 23.5. The molecule has 32 heavy (non-hydrogen) atoms. The molecule has 0 aromatic carbocycles. The zero-order valence-corrected chi connectivity index (χ0v) is 19.3. The first kappa shape index (κ1) is 23.4. The number of anilines is 1. The summed E-state index contributed by atoms with van der Waals surface area (Å²) >= 11 is 6.07. The first-order valence-corrected chi connectivity index (χ1v) is 11.6. The van der Waals surface area contributed by atoms with Gasteiger partial charge in [-0.25, -0.2) is 18.4 Å². The average molecular weight is 481 g/mol. The van der Waals surface area contributed by atoms with Crippen LogP contribution in [0, 0.1) is 0 Å². The lowest BCUT2D eigenvalue weighted by molar-refractivity contribution is -0.147. The summed E-state index contributed by atoms with van der Waals surface area (Å²) in [7, 11) is -0.525. The second kappa shape index (κ2) is 9.49. The number of ether oxygens (including phenoxy) is 2. The first-order chi connectivity index (χ1) is 15.1. The minimum atomic E-state index is -3.52. The molecule has 170 valence electrons. The van der Waals surface area contributed by atoms with E-state index in [1.54, 1.807) is 38.4 Å². The maximum Gasteiger partial charge on any atom is 0.312 e. The fourth-order valence-corrected chi connectivity index (χ4v) is 3.75. The van der Waals surface area contributed by atoms with Gasteiger partial charge in [0.2, 0.25) is 15.9 Å². The maximum atomic E-state index is 12.6. The van der Waals surface area contributed by atoms with Gasteiger partial charge in [0.1, 0.15) is 22.6 Å². The summed E-state index contributed by atoms with van der Waals surface area (Å²) in [6.45, 7) is 1.70. The molecule has 0 aliphatic heterocycles. The van der Waals surface area contributed by atoms with Gasteiger partial charge in [0.15, 0.2) is 0 Å². The highest BCUT2D eigenvalue weighted by Gasteiger charge is 2.22. The second-order valence-corrected chi connectivity index (χ2v) is 8.93. The summed E-state index contributed by atoms with van der Waals surface area (Å²) in [6.07, 6.45) is 1.83. The normalized spacial score (nSPS) is 12.3. The molecule has 11 nitrogen and oxygen atoms in total. The van der Waals surface area contributed by atoms with Gasteiger partial charge in [-0.2, -0.15) is 0 Å². The third-order valence-electron chi connectivity index (χ3n) is 4.38. The third kappa shape index (κ3) is 5.51. The number of hydrogen-bond donors (Lipinski definition) is 1. The van der Waals surface area contributed by atoms with Crippen LogP contribution in [0.2, 0.25) is 5.15 Å². The number of rotatable bonds is 8. The number of aryl methyl sites for hydroxylation is 1. The van der Waals surface area contributed by atoms with Crippen LogP contribution < -0.4 is 9.46 Å². The number of sulfonamides is 1. The number of methoxy groups -OCH3 is 1. The Labute approximate surface area is 189 Å². The summed E-state index contributed by atoms with van der Waals surface area (Å²) in [4.78, 5) is 20.9. The first-order valence-electron chi connectivity index (χ1n) is 9.30. The Kier molecular flexibility index (Phi) is 6.94. The highest BCUT2D eigenvalue weighted by atomic mass is 35.5. The Morgan fingerprint density at radius 2 is 2.06 bits per heavy atom. The van der Waals surface area contributed by atoms with Gasteiger partial charge in [-0.15, -0.1) is 5.10 Å². The number of esters is 1. The van der Waals surface area contributed by atoms with E-state index in [1.165, 1.54) is 17.9 Å². The summed E-state index contributed by atoms with van der Waals surface area (Å²) in [6, 6.07) is 6.47. The number of aromatic nitrogens is 5. The van der Waals surface area contributed by atoms with Gasteiger partial charge < -0.3 is 9.47 Å². The molecule has 0 fully saturated rings. The topological polar surface area (TPSA) is 138 Å². The predicted octanol–water partition coefficient (Wildman–Crippen LogP) is 2.15. The van der Waals surface area contributed by atoms with Crippen LogP contribution in [0.15, 0.2) is 30.5 Å². The van der Waals surface area contributed by atoms with Gasteiger partial charge in [-0.1, -0.05) is 22.9 Å². The number of carbonyl (C=O) groups excluding carboxylic acids is 1. The van der Waals surface area contributed by atoms with E-state index in [0.717, 1.165) is 6.26 Å². The molecule has 1 N–H and O–H groups in total. The standard InChI is InChI=1S/C19H21ClN6O5S/c1-11(12-6-5-9-21-18(12)20)31-16(27)10-15-17(23-25-26(15)2)13-7-8-14(19(22-13)30-3)24-32(4,28)29/h5-9,11,24H,10H2,1-4H3/t11-/m1/s1. The number of nitrogens with one attached hydrogen (secondary N) is 1. The number of pyridine rings is 2. The van der Waals surface area contributed by atoms with Gasteiger partial charge in [0.05, 0.1) is 31.2 Å². The molecule has 0 bridgehead atoms. The van der Waals surface area contributed by atoms with E-state index in [-0.39, 0.29) is 23.1 Å². The summed E-state index contributed by atoms with van der Waals surface area (Å²) in [5, 5.41) is 8.32. The second-order valence-electron chi connectivity index (χ2n) is 6.83. The highest BCUT2D eigenvalue weighted by molar-refractivity contribution is 7.92. The largest absolute Gasteiger partial charge is 0.479 e. The van der Waals surface area contributed by atoms with Crippen molar-refractivity contribution in [2.45, 2.75) is 19.4 Å². The fraction of sp³-hybridized carbons (Fsp3) is 0.316. The minimum Gasteiger partial charge on any atom is -0.479 e. The van der Waals surface area contributed by atoms with E-state index in [0.29, 0.717) is 22.6 Å². The Balaban J connectivity index is 1.83. The lowest BCUT2D eigenvalue weighted by Crippen LogP contribution is -2.15. The Hall–Kier alpha value is -3.25. The maximum absolute atomic E-state index is 12.6. The van der Waals surface area contributed by atoms with Crippen LogP contribution in [0.5, 0.6) is 5.88 Å². The lowest BCUT2D eigenvalue weighted by Gasteiger charge is -2.14. The van der Waals surface area contributed by atoms with Crippen molar-refractivity contribution < 1.29 is 22.7 Å². The molecule has 3 rings (SSSR count). The number of nitrogens with zero attached hydrogens (tertiary/aromatic N) is 5. The summed E-state index contributed by atoms with van der Waals surface area (Å²) in [5.74, 6) is -0.474. The SMILES string of the molecule is COc1nc(-c2nnn(C)c2CC(=O)O[C@H](C)c2cccnc2Cl)ccc1NS(C)(=O)=O. The van der Waals surface area contributed by atoms with E-state index < -0.39 is 22.1 Å². The smallest absolute Gasteiger partial charge is 0.312 e. The third-order valence-corrected chi connectivity index (χ3v) is 5.29. The van der Waals surface area contributed by atoms with Crippen molar-refractivity contribution in [1.29, 1.82) is 0 Å². The highest BCUT2D eigenvalue weighted by Crippen LogP contribution is 2.29. The van der Waals surface area contributed by atoms with Crippen molar-refractivity contribution in [3.63, 3.8) is 0 Å². The molecule has 0 spiro atoms. The molecular formula is C19H21ClN6O5S. The Morgan fingerprint density at radius 3 is 2.72 bits per heavy atom. The van der Waals surface area contributed by atoms with Crippen molar-refractivity contribution in [3.8, 4) is 17.3 Å². The number of halogens is 1.